The van der Waals surface area contributed by atoms with Crippen molar-refractivity contribution in [3.63, 3.8) is 0 Å². The van der Waals surface area contributed by atoms with Gasteiger partial charge in [0, 0.05) is 6.20 Å². The number of nitrogens with zero attached hydrogens (tertiary/aromatic N) is 2. The van der Waals surface area contributed by atoms with Gasteiger partial charge in [0.1, 0.15) is 11.6 Å². The second kappa shape index (κ2) is 6.34. The van der Waals surface area contributed by atoms with Gasteiger partial charge in [-0.05, 0) is 12.8 Å². The molecule has 1 aromatic rings. The van der Waals surface area contributed by atoms with E-state index in [-0.39, 0.29) is 11.7 Å². The molecule has 0 saturated heterocycles. The highest BCUT2D eigenvalue weighted by atomic mass is 16.5. The second-order valence-electron chi connectivity index (χ2n) is 4.74. The number of H-pyrrole nitrogens is 1. The summed E-state index contributed by atoms with van der Waals surface area (Å²) in [6, 6.07) is 1.76. The van der Waals surface area contributed by atoms with Crippen molar-refractivity contribution in [2.45, 2.75) is 44.8 Å². The average Bonchev–Trinajstić information content (AvgIpc) is 2.42. The quantitative estimate of drug-likeness (QED) is 0.868. The number of nitriles is 1. The maximum absolute atomic E-state index is 11.5. The number of hydrogen-bond donors (Lipinski definition) is 1. The van der Waals surface area contributed by atoms with Crippen LogP contribution in [0.25, 0.3) is 0 Å². The number of nitrogens with one attached hydrogen (secondary N) is 1. The predicted molar refractivity (Wildman–Crippen MR) is 68.9 cm³/mol. The lowest BCUT2D eigenvalue weighted by molar-refractivity contribution is 0.0236. The van der Waals surface area contributed by atoms with Gasteiger partial charge in [-0.2, -0.15) is 5.26 Å². The van der Waals surface area contributed by atoms with Crippen LogP contribution in [-0.4, -0.2) is 22.3 Å². The fraction of sp³-hybridized carbons (Fsp3) is 0.615. The van der Waals surface area contributed by atoms with E-state index in [1.165, 1.54) is 30.0 Å². The van der Waals surface area contributed by atoms with Crippen LogP contribution in [0.1, 0.15) is 37.7 Å². The molecule has 0 atom stereocenters. The Kier molecular flexibility index (Phi) is 4.53. The van der Waals surface area contributed by atoms with Crippen LogP contribution in [0.15, 0.2) is 15.8 Å². The van der Waals surface area contributed by atoms with Crippen LogP contribution >= 0.6 is 0 Å². The van der Waals surface area contributed by atoms with Gasteiger partial charge in [-0.25, -0.2) is 4.79 Å². The normalized spacial score (nSPS) is 16.2. The van der Waals surface area contributed by atoms with Crippen molar-refractivity contribution in [3.8, 4) is 6.07 Å². The predicted octanol–water partition coefficient (Wildman–Crippen LogP) is 0.758. The van der Waals surface area contributed by atoms with E-state index in [2.05, 4.69) is 4.98 Å². The summed E-state index contributed by atoms with van der Waals surface area (Å²) >= 11 is 0. The molecular weight excluding hydrogens is 246 g/mol. The molecule has 6 heteroatoms. The molecule has 1 heterocycles. The summed E-state index contributed by atoms with van der Waals surface area (Å²) in [6.45, 7) is 0.766. The Morgan fingerprint density at radius 2 is 2.11 bits per heavy atom. The molecule has 6 nitrogen and oxygen atoms in total. The van der Waals surface area contributed by atoms with Gasteiger partial charge in [0.05, 0.1) is 19.3 Å². The zero-order chi connectivity index (χ0) is 13.7. The molecule has 0 aromatic carbocycles. The third-order valence-corrected chi connectivity index (χ3v) is 3.37. The van der Waals surface area contributed by atoms with Crippen molar-refractivity contribution >= 4 is 0 Å². The lowest BCUT2D eigenvalue weighted by Crippen LogP contribution is -2.32. The van der Waals surface area contributed by atoms with Crippen LogP contribution in [0.5, 0.6) is 0 Å². The highest BCUT2D eigenvalue weighted by Gasteiger charge is 2.13. The van der Waals surface area contributed by atoms with Crippen molar-refractivity contribution in [1.29, 1.82) is 5.26 Å². The lowest BCUT2D eigenvalue weighted by atomic mass is 9.98. The van der Waals surface area contributed by atoms with Crippen LogP contribution in [0.3, 0.4) is 0 Å². The summed E-state index contributed by atoms with van der Waals surface area (Å²) in [6.07, 6.45) is 7.37. The van der Waals surface area contributed by atoms with E-state index in [0.29, 0.717) is 13.2 Å². The van der Waals surface area contributed by atoms with Crippen LogP contribution in [0.2, 0.25) is 0 Å². The standard InChI is InChI=1S/C13H17N3O3/c14-8-10-9-16(13(18)15-12(10)17)6-7-19-11-4-2-1-3-5-11/h9,11H,1-7H2,(H,15,17,18). The van der Waals surface area contributed by atoms with Gasteiger partial charge in [0.2, 0.25) is 0 Å². The molecule has 1 aliphatic rings. The third kappa shape index (κ3) is 3.55. The number of ether oxygens (including phenoxy) is 1. The molecule has 0 bridgehead atoms. The van der Waals surface area contributed by atoms with Crippen LogP contribution in [-0.2, 0) is 11.3 Å². The van der Waals surface area contributed by atoms with Crippen LogP contribution in [0.4, 0.5) is 0 Å². The Balaban J connectivity index is 1.94. The molecule has 1 aromatic heterocycles. The van der Waals surface area contributed by atoms with Gasteiger partial charge in [-0.1, -0.05) is 19.3 Å². The summed E-state index contributed by atoms with van der Waals surface area (Å²) < 4.78 is 7.02. The molecule has 1 N–H and O–H groups in total. The van der Waals surface area contributed by atoms with Crippen molar-refractivity contribution in [2.24, 2.45) is 0 Å². The smallest absolute Gasteiger partial charge is 0.328 e. The number of hydrogen-bond acceptors (Lipinski definition) is 4. The van der Waals surface area contributed by atoms with E-state index in [1.807, 2.05) is 0 Å². The Labute approximate surface area is 110 Å². The molecule has 1 saturated carbocycles. The fourth-order valence-corrected chi connectivity index (χ4v) is 2.30. The summed E-state index contributed by atoms with van der Waals surface area (Å²) in [5.74, 6) is 0. The average molecular weight is 263 g/mol. The van der Waals surface area contributed by atoms with Crippen molar-refractivity contribution in [1.82, 2.24) is 9.55 Å². The molecular formula is C13H17N3O3. The number of aromatic amines is 1. The zero-order valence-corrected chi connectivity index (χ0v) is 10.7. The largest absolute Gasteiger partial charge is 0.376 e. The van der Waals surface area contributed by atoms with E-state index < -0.39 is 11.2 Å². The molecule has 0 amide bonds. The summed E-state index contributed by atoms with van der Waals surface area (Å²) in [7, 11) is 0. The maximum Gasteiger partial charge on any atom is 0.328 e. The van der Waals surface area contributed by atoms with Crippen molar-refractivity contribution < 1.29 is 4.74 Å². The molecule has 0 spiro atoms. The number of aromatic nitrogens is 2. The topological polar surface area (TPSA) is 87.9 Å². The van der Waals surface area contributed by atoms with Crippen molar-refractivity contribution in [3.05, 3.63) is 32.6 Å². The molecule has 0 aliphatic heterocycles. The maximum atomic E-state index is 11.5. The van der Waals surface area contributed by atoms with E-state index in [0.717, 1.165) is 12.8 Å². The second-order valence-corrected chi connectivity index (χ2v) is 4.74. The first-order chi connectivity index (χ1) is 9.20. The minimum atomic E-state index is -0.642. The third-order valence-electron chi connectivity index (χ3n) is 3.37. The zero-order valence-electron chi connectivity index (χ0n) is 10.7. The van der Waals surface area contributed by atoms with Crippen molar-refractivity contribution in [2.75, 3.05) is 6.61 Å². The summed E-state index contributed by atoms with van der Waals surface area (Å²) in [4.78, 5) is 24.9. The number of rotatable bonds is 4. The van der Waals surface area contributed by atoms with Gasteiger partial charge in [-0.15, -0.1) is 0 Å². The molecule has 19 heavy (non-hydrogen) atoms. The first-order valence-corrected chi connectivity index (χ1v) is 6.56. The highest BCUT2D eigenvalue weighted by molar-refractivity contribution is 5.21. The van der Waals surface area contributed by atoms with Gasteiger partial charge >= 0.3 is 5.69 Å². The highest BCUT2D eigenvalue weighted by Crippen LogP contribution is 2.19. The molecule has 0 unspecified atom stereocenters. The van der Waals surface area contributed by atoms with Gasteiger partial charge in [0.15, 0.2) is 0 Å². The van der Waals surface area contributed by atoms with Crippen LogP contribution < -0.4 is 11.2 Å². The fourth-order valence-electron chi connectivity index (χ4n) is 2.30. The van der Waals surface area contributed by atoms with E-state index in [1.54, 1.807) is 6.07 Å². The molecule has 102 valence electrons. The Hall–Kier alpha value is -1.87. The molecule has 2 rings (SSSR count). The summed E-state index contributed by atoms with van der Waals surface area (Å²) in [5, 5.41) is 8.75. The van der Waals surface area contributed by atoms with Crippen LogP contribution in [0, 0.1) is 11.3 Å². The first-order valence-electron chi connectivity index (χ1n) is 6.56. The molecule has 1 fully saturated rings. The minimum absolute atomic E-state index is 0.0581. The molecule has 1 aliphatic carbocycles. The summed E-state index contributed by atoms with van der Waals surface area (Å²) in [5.41, 5.74) is -1.20. The van der Waals surface area contributed by atoms with Gasteiger partial charge < -0.3 is 4.74 Å². The van der Waals surface area contributed by atoms with E-state index in [9.17, 15) is 9.59 Å². The minimum Gasteiger partial charge on any atom is -0.376 e. The first kappa shape index (κ1) is 13.6. The Bertz CT molecular complexity index is 576. The Morgan fingerprint density at radius 1 is 1.37 bits per heavy atom. The Morgan fingerprint density at radius 3 is 2.79 bits per heavy atom. The van der Waals surface area contributed by atoms with E-state index in [4.69, 9.17) is 10.00 Å². The van der Waals surface area contributed by atoms with E-state index >= 15 is 0 Å². The molecule has 0 radical (unpaired) electrons. The lowest BCUT2D eigenvalue weighted by Gasteiger charge is -2.22. The van der Waals surface area contributed by atoms with Gasteiger partial charge in [0.25, 0.3) is 5.56 Å². The monoisotopic (exact) mass is 263 g/mol. The SMILES string of the molecule is N#Cc1cn(CCOC2CCCCC2)c(=O)[nH]c1=O. The van der Waals surface area contributed by atoms with Gasteiger partial charge in [-0.3, -0.25) is 14.3 Å².